The molecule has 2 rings (SSSR count). The quantitative estimate of drug-likeness (QED) is 0.813. The molecule has 0 spiro atoms. The summed E-state index contributed by atoms with van der Waals surface area (Å²) in [6.07, 6.45) is 3.36. The molecule has 0 saturated carbocycles. The monoisotopic (exact) mass is 278 g/mol. The predicted octanol–water partition coefficient (Wildman–Crippen LogP) is 2.92. The van der Waals surface area contributed by atoms with Gasteiger partial charge in [-0.25, -0.2) is 0 Å². The van der Waals surface area contributed by atoms with E-state index in [1.807, 2.05) is 6.07 Å². The highest BCUT2D eigenvalue weighted by Gasteiger charge is 2.19. The first kappa shape index (κ1) is 15.0. The van der Waals surface area contributed by atoms with Crippen molar-refractivity contribution < 1.29 is 9.47 Å². The molecule has 0 amide bonds. The zero-order chi connectivity index (χ0) is 14.4. The molecule has 20 heavy (non-hydrogen) atoms. The highest BCUT2D eigenvalue weighted by molar-refractivity contribution is 5.62. The van der Waals surface area contributed by atoms with E-state index in [0.29, 0.717) is 12.5 Å². The molecular formula is C16H26N2O2. The van der Waals surface area contributed by atoms with Crippen LogP contribution in [0.4, 0.5) is 11.4 Å². The number of hydrogen-bond donors (Lipinski definition) is 1. The summed E-state index contributed by atoms with van der Waals surface area (Å²) in [5.74, 6) is 1.50. The molecule has 0 bridgehead atoms. The average Bonchev–Trinajstić information content (AvgIpc) is 2.48. The van der Waals surface area contributed by atoms with Gasteiger partial charge in [-0.3, -0.25) is 0 Å². The van der Waals surface area contributed by atoms with Gasteiger partial charge in [0.05, 0.1) is 12.3 Å². The molecule has 1 aromatic carbocycles. The smallest absolute Gasteiger partial charge is 0.144 e. The fraction of sp³-hybridized carbons (Fsp3) is 0.625. The Labute approximate surface area is 121 Å². The van der Waals surface area contributed by atoms with Crippen LogP contribution in [-0.4, -0.2) is 33.4 Å². The first-order valence-electron chi connectivity index (χ1n) is 7.50. The van der Waals surface area contributed by atoms with Gasteiger partial charge in [0, 0.05) is 38.6 Å². The number of hydrogen-bond acceptors (Lipinski definition) is 4. The number of nitrogens with zero attached hydrogens (tertiary/aromatic N) is 1. The zero-order valence-electron chi connectivity index (χ0n) is 12.6. The number of ether oxygens (including phenoxy) is 2. The maximum atomic E-state index is 5.96. The van der Waals surface area contributed by atoms with Gasteiger partial charge in [0.2, 0.25) is 0 Å². The molecule has 0 radical (unpaired) electrons. The average molecular weight is 278 g/mol. The van der Waals surface area contributed by atoms with Crippen molar-refractivity contribution in [2.24, 2.45) is 5.92 Å². The minimum Gasteiger partial charge on any atom is -0.491 e. The Morgan fingerprint density at radius 1 is 1.30 bits per heavy atom. The Morgan fingerprint density at radius 2 is 2.05 bits per heavy atom. The molecule has 0 aliphatic carbocycles. The van der Waals surface area contributed by atoms with Crippen LogP contribution in [0.1, 0.15) is 26.2 Å². The van der Waals surface area contributed by atoms with Crippen LogP contribution < -0.4 is 15.4 Å². The Hall–Kier alpha value is -1.42. The third kappa shape index (κ3) is 3.79. The molecule has 1 fully saturated rings. The molecule has 4 nitrogen and oxygen atoms in total. The number of nitrogens with two attached hydrogens (primary N) is 1. The van der Waals surface area contributed by atoms with E-state index in [9.17, 15) is 0 Å². The van der Waals surface area contributed by atoms with E-state index >= 15 is 0 Å². The number of methoxy groups -OCH3 is 1. The minimum atomic E-state index is 0.695. The van der Waals surface area contributed by atoms with Gasteiger partial charge in [0.1, 0.15) is 5.75 Å². The molecular weight excluding hydrogens is 252 g/mol. The van der Waals surface area contributed by atoms with Gasteiger partial charge in [0.15, 0.2) is 0 Å². The van der Waals surface area contributed by atoms with Crippen molar-refractivity contribution in [3.05, 3.63) is 18.2 Å². The summed E-state index contributed by atoms with van der Waals surface area (Å²) >= 11 is 0. The largest absolute Gasteiger partial charge is 0.491 e. The van der Waals surface area contributed by atoms with Crippen molar-refractivity contribution in [1.82, 2.24) is 0 Å². The van der Waals surface area contributed by atoms with Gasteiger partial charge in [-0.15, -0.1) is 0 Å². The topological polar surface area (TPSA) is 47.7 Å². The Balaban J connectivity index is 1.99. The molecule has 112 valence electrons. The number of benzene rings is 1. The fourth-order valence-corrected chi connectivity index (χ4v) is 2.65. The van der Waals surface area contributed by atoms with Crippen molar-refractivity contribution in [1.29, 1.82) is 0 Å². The summed E-state index contributed by atoms with van der Waals surface area (Å²) in [6.45, 7) is 5.83. The van der Waals surface area contributed by atoms with Crippen molar-refractivity contribution in [2.75, 3.05) is 44.0 Å². The van der Waals surface area contributed by atoms with Gasteiger partial charge in [0.25, 0.3) is 0 Å². The molecule has 4 heteroatoms. The van der Waals surface area contributed by atoms with Gasteiger partial charge >= 0.3 is 0 Å². The summed E-state index contributed by atoms with van der Waals surface area (Å²) < 4.78 is 11.0. The molecule has 1 aromatic rings. The summed E-state index contributed by atoms with van der Waals surface area (Å²) in [7, 11) is 1.78. The summed E-state index contributed by atoms with van der Waals surface area (Å²) in [4.78, 5) is 2.41. The predicted molar refractivity (Wildman–Crippen MR) is 83.5 cm³/mol. The van der Waals surface area contributed by atoms with E-state index in [1.165, 1.54) is 18.5 Å². The lowest BCUT2D eigenvalue weighted by Gasteiger charge is -2.33. The number of nitrogen functional groups attached to an aromatic ring is 1. The van der Waals surface area contributed by atoms with E-state index in [1.54, 1.807) is 7.11 Å². The van der Waals surface area contributed by atoms with Crippen LogP contribution in [-0.2, 0) is 4.74 Å². The lowest BCUT2D eigenvalue weighted by Crippen LogP contribution is -2.35. The van der Waals surface area contributed by atoms with E-state index in [4.69, 9.17) is 15.2 Å². The number of piperidine rings is 1. The first-order valence-corrected chi connectivity index (χ1v) is 7.50. The lowest BCUT2D eigenvalue weighted by molar-refractivity contribution is 0.139. The lowest BCUT2D eigenvalue weighted by atomic mass is 9.97. The molecule has 1 heterocycles. The molecule has 1 saturated heterocycles. The molecule has 0 atom stereocenters. The second-order valence-corrected chi connectivity index (χ2v) is 5.46. The van der Waals surface area contributed by atoms with E-state index in [2.05, 4.69) is 24.0 Å². The number of rotatable bonds is 6. The van der Waals surface area contributed by atoms with Gasteiger partial charge in [-0.2, -0.15) is 0 Å². The normalized spacial score (nSPS) is 16.4. The van der Waals surface area contributed by atoms with Crippen LogP contribution in [0.5, 0.6) is 5.75 Å². The highest BCUT2D eigenvalue weighted by atomic mass is 16.5. The third-order valence-corrected chi connectivity index (χ3v) is 3.84. The van der Waals surface area contributed by atoms with Crippen molar-refractivity contribution in [3.63, 3.8) is 0 Å². The molecule has 0 unspecified atom stereocenters. The van der Waals surface area contributed by atoms with Crippen molar-refractivity contribution in [2.45, 2.75) is 26.2 Å². The Kier molecular flexibility index (Phi) is 5.53. The number of anilines is 2. The van der Waals surface area contributed by atoms with Crippen molar-refractivity contribution in [3.8, 4) is 5.75 Å². The molecule has 0 aromatic heterocycles. The summed E-state index contributed by atoms with van der Waals surface area (Å²) in [5.41, 5.74) is 7.89. The Morgan fingerprint density at radius 3 is 2.70 bits per heavy atom. The maximum absolute atomic E-state index is 5.96. The summed E-state index contributed by atoms with van der Waals surface area (Å²) in [6, 6.07) is 6.11. The maximum Gasteiger partial charge on any atom is 0.144 e. The SMILES string of the molecule is CCCOc1cc(N2CCC(COC)CC2)ccc1N. The minimum absolute atomic E-state index is 0.695. The highest BCUT2D eigenvalue weighted by Crippen LogP contribution is 2.30. The van der Waals surface area contributed by atoms with E-state index < -0.39 is 0 Å². The van der Waals surface area contributed by atoms with Crippen LogP contribution in [0.3, 0.4) is 0 Å². The van der Waals surface area contributed by atoms with Gasteiger partial charge in [-0.1, -0.05) is 6.92 Å². The zero-order valence-corrected chi connectivity index (χ0v) is 12.6. The van der Waals surface area contributed by atoms with Crippen LogP contribution in [0, 0.1) is 5.92 Å². The van der Waals surface area contributed by atoms with Crippen LogP contribution >= 0.6 is 0 Å². The first-order chi connectivity index (χ1) is 9.74. The second kappa shape index (κ2) is 7.39. The van der Waals surface area contributed by atoms with Gasteiger partial charge in [-0.05, 0) is 37.3 Å². The van der Waals surface area contributed by atoms with E-state index in [0.717, 1.165) is 37.6 Å². The van der Waals surface area contributed by atoms with Gasteiger partial charge < -0.3 is 20.1 Å². The summed E-state index contributed by atoms with van der Waals surface area (Å²) in [5, 5.41) is 0. The molecule has 1 aliphatic rings. The van der Waals surface area contributed by atoms with E-state index in [-0.39, 0.29) is 0 Å². The molecule has 1 aliphatic heterocycles. The van der Waals surface area contributed by atoms with Crippen LogP contribution in [0.2, 0.25) is 0 Å². The van der Waals surface area contributed by atoms with Crippen molar-refractivity contribution >= 4 is 11.4 Å². The fourth-order valence-electron chi connectivity index (χ4n) is 2.65. The third-order valence-electron chi connectivity index (χ3n) is 3.84. The standard InChI is InChI=1S/C16H26N2O2/c1-3-10-20-16-11-14(4-5-15(16)17)18-8-6-13(7-9-18)12-19-2/h4-5,11,13H,3,6-10,12,17H2,1-2H3. The Bertz CT molecular complexity index is 415. The van der Waals surface area contributed by atoms with Crippen LogP contribution in [0.15, 0.2) is 18.2 Å². The van der Waals surface area contributed by atoms with Crippen LogP contribution in [0.25, 0.3) is 0 Å². The molecule has 2 N–H and O–H groups in total. The second-order valence-electron chi connectivity index (χ2n) is 5.46.